The molecule has 27 heavy (non-hydrogen) atoms. The van der Waals surface area contributed by atoms with Gasteiger partial charge in [0.2, 0.25) is 0 Å². The van der Waals surface area contributed by atoms with Gasteiger partial charge in [0, 0.05) is 16.4 Å². The molecule has 2 aromatic carbocycles. The molecular formula is C26H24O. The molecular weight excluding hydrogens is 328 g/mol. The molecule has 3 aromatic rings. The number of rotatable bonds is 3. The van der Waals surface area contributed by atoms with E-state index in [9.17, 15) is 0 Å². The summed E-state index contributed by atoms with van der Waals surface area (Å²) in [6, 6.07) is 13.0. The second-order valence-electron chi connectivity index (χ2n) is 7.57. The third-order valence-electron chi connectivity index (χ3n) is 5.83. The van der Waals surface area contributed by atoms with Crippen molar-refractivity contribution < 1.29 is 4.42 Å². The van der Waals surface area contributed by atoms with Crippen molar-refractivity contribution in [2.45, 2.75) is 26.2 Å². The first-order chi connectivity index (χ1) is 12.9. The molecule has 0 bridgehead atoms. The number of hydrogen-bond acceptors (Lipinski definition) is 1. The van der Waals surface area contributed by atoms with E-state index in [4.69, 9.17) is 4.42 Å². The zero-order chi connectivity index (χ0) is 19.3. The van der Waals surface area contributed by atoms with E-state index in [0.717, 1.165) is 27.9 Å². The molecule has 0 spiro atoms. The highest BCUT2D eigenvalue weighted by Gasteiger charge is 2.36. The van der Waals surface area contributed by atoms with Gasteiger partial charge >= 0.3 is 0 Å². The highest BCUT2D eigenvalue weighted by atomic mass is 16.3. The van der Waals surface area contributed by atoms with Crippen LogP contribution in [0.25, 0.3) is 39.8 Å². The Balaban J connectivity index is 1.91. The molecule has 0 saturated carbocycles. The van der Waals surface area contributed by atoms with E-state index in [2.05, 4.69) is 76.9 Å². The second kappa shape index (κ2) is 5.99. The normalized spacial score (nSPS) is 16.7. The molecule has 0 aliphatic heterocycles. The van der Waals surface area contributed by atoms with Crippen LogP contribution in [-0.2, 0) is 5.41 Å². The molecule has 0 unspecified atom stereocenters. The van der Waals surface area contributed by atoms with E-state index in [1.165, 1.54) is 27.8 Å². The van der Waals surface area contributed by atoms with Gasteiger partial charge in [-0.25, -0.2) is 0 Å². The minimum Gasteiger partial charge on any atom is -0.456 e. The number of allylic oxidation sites excluding steroid dienone is 3. The standard InChI is InChI=1S/C26H24O/c1-7-19-16(4)26(5,6)23-12-10-17(14-21(19)23)18-11-13-25-22(15-18)20(8-2)24(9-3)27-25/h7-15H,2-4H2,1,5-6H3/b19-7+. The fourth-order valence-electron chi connectivity index (χ4n) is 4.16. The second-order valence-corrected chi connectivity index (χ2v) is 7.57. The minimum atomic E-state index is -0.0287. The van der Waals surface area contributed by atoms with Crippen LogP contribution in [0, 0.1) is 0 Å². The average molecular weight is 352 g/mol. The van der Waals surface area contributed by atoms with Crippen molar-refractivity contribution in [3.8, 4) is 11.1 Å². The van der Waals surface area contributed by atoms with Gasteiger partial charge in [0.1, 0.15) is 11.3 Å². The summed E-state index contributed by atoms with van der Waals surface area (Å²) >= 11 is 0. The van der Waals surface area contributed by atoms with Crippen LogP contribution in [0.2, 0.25) is 0 Å². The number of hydrogen-bond donors (Lipinski definition) is 0. The first kappa shape index (κ1) is 17.4. The van der Waals surface area contributed by atoms with E-state index in [-0.39, 0.29) is 5.41 Å². The summed E-state index contributed by atoms with van der Waals surface area (Å²) in [4.78, 5) is 0. The van der Waals surface area contributed by atoms with Crippen LogP contribution in [0.1, 0.15) is 43.2 Å². The predicted octanol–water partition coefficient (Wildman–Crippen LogP) is 7.64. The summed E-state index contributed by atoms with van der Waals surface area (Å²) in [5.74, 6) is 0.764. The molecule has 134 valence electrons. The molecule has 0 radical (unpaired) electrons. The monoisotopic (exact) mass is 352 g/mol. The molecule has 0 atom stereocenters. The van der Waals surface area contributed by atoms with Gasteiger partial charge in [0.05, 0.1) is 0 Å². The quantitative estimate of drug-likeness (QED) is 0.472. The predicted molar refractivity (Wildman–Crippen MR) is 118 cm³/mol. The van der Waals surface area contributed by atoms with Crippen molar-refractivity contribution in [2.75, 3.05) is 0 Å². The number of furan rings is 1. The Morgan fingerprint density at radius 1 is 0.963 bits per heavy atom. The summed E-state index contributed by atoms with van der Waals surface area (Å²) in [5, 5.41) is 1.06. The van der Waals surface area contributed by atoms with Gasteiger partial charge in [0.25, 0.3) is 0 Å². The van der Waals surface area contributed by atoms with Gasteiger partial charge < -0.3 is 4.42 Å². The number of benzene rings is 2. The Kier molecular flexibility index (Phi) is 3.85. The van der Waals surface area contributed by atoms with E-state index in [0.29, 0.717) is 0 Å². The molecule has 1 heteroatoms. The molecule has 1 aliphatic carbocycles. The van der Waals surface area contributed by atoms with Crippen molar-refractivity contribution in [1.29, 1.82) is 0 Å². The Bertz CT molecular complexity index is 1150. The summed E-state index contributed by atoms with van der Waals surface area (Å²) < 4.78 is 5.87. The van der Waals surface area contributed by atoms with Crippen LogP contribution in [-0.4, -0.2) is 0 Å². The highest BCUT2D eigenvalue weighted by molar-refractivity contribution is 5.95. The lowest BCUT2D eigenvalue weighted by atomic mass is 9.83. The SMILES string of the molecule is C=Cc1oc2ccc(-c3ccc4c(c3)/C(=C/C)C(=C)C4(C)C)cc2c1C=C. The zero-order valence-corrected chi connectivity index (χ0v) is 16.2. The van der Waals surface area contributed by atoms with Crippen molar-refractivity contribution in [2.24, 2.45) is 0 Å². The van der Waals surface area contributed by atoms with Crippen LogP contribution in [0.4, 0.5) is 0 Å². The molecule has 1 heterocycles. The van der Waals surface area contributed by atoms with Crippen molar-refractivity contribution >= 4 is 28.7 Å². The van der Waals surface area contributed by atoms with Crippen LogP contribution in [0.15, 0.2) is 72.2 Å². The maximum atomic E-state index is 5.87. The largest absolute Gasteiger partial charge is 0.456 e. The molecule has 1 aliphatic rings. The zero-order valence-electron chi connectivity index (χ0n) is 16.2. The van der Waals surface area contributed by atoms with Crippen LogP contribution >= 0.6 is 0 Å². The smallest absolute Gasteiger partial charge is 0.135 e. The molecule has 0 fully saturated rings. The first-order valence-corrected chi connectivity index (χ1v) is 9.25. The van der Waals surface area contributed by atoms with Gasteiger partial charge in [-0.1, -0.05) is 63.9 Å². The third kappa shape index (κ3) is 2.39. The van der Waals surface area contributed by atoms with Gasteiger partial charge in [-0.05, 0) is 64.6 Å². The number of fused-ring (bicyclic) bond motifs is 2. The summed E-state index contributed by atoms with van der Waals surface area (Å²) in [5.41, 5.74) is 9.24. The fourth-order valence-corrected chi connectivity index (χ4v) is 4.16. The Labute approximate surface area is 161 Å². The van der Waals surface area contributed by atoms with Crippen LogP contribution in [0.5, 0.6) is 0 Å². The highest BCUT2D eigenvalue weighted by Crippen LogP contribution is 2.49. The maximum absolute atomic E-state index is 5.87. The lowest BCUT2D eigenvalue weighted by Gasteiger charge is -2.20. The summed E-state index contributed by atoms with van der Waals surface area (Å²) in [7, 11) is 0. The Morgan fingerprint density at radius 3 is 2.33 bits per heavy atom. The van der Waals surface area contributed by atoms with Crippen molar-refractivity contribution in [1.82, 2.24) is 0 Å². The lowest BCUT2D eigenvalue weighted by molar-refractivity contribution is 0.603. The van der Waals surface area contributed by atoms with Gasteiger partial charge in [-0.2, -0.15) is 0 Å². The van der Waals surface area contributed by atoms with Gasteiger partial charge in [-0.15, -0.1) is 0 Å². The van der Waals surface area contributed by atoms with E-state index < -0.39 is 0 Å². The lowest BCUT2D eigenvalue weighted by Crippen LogP contribution is -2.14. The minimum absolute atomic E-state index is 0.0287. The van der Waals surface area contributed by atoms with Crippen LogP contribution in [0.3, 0.4) is 0 Å². The van der Waals surface area contributed by atoms with Crippen LogP contribution < -0.4 is 0 Å². The van der Waals surface area contributed by atoms with E-state index >= 15 is 0 Å². The Hall–Kier alpha value is -3.06. The van der Waals surface area contributed by atoms with E-state index in [1.54, 1.807) is 6.08 Å². The topological polar surface area (TPSA) is 13.1 Å². The average Bonchev–Trinajstić information content (AvgIpc) is 3.13. The summed E-state index contributed by atoms with van der Waals surface area (Å²) in [6.45, 7) is 18.7. The van der Waals surface area contributed by atoms with Crippen molar-refractivity contribution in [3.05, 3.63) is 90.2 Å². The molecule has 0 N–H and O–H groups in total. The summed E-state index contributed by atoms with van der Waals surface area (Å²) in [6.07, 6.45) is 5.74. The molecule has 4 rings (SSSR count). The molecule has 0 amide bonds. The molecule has 0 saturated heterocycles. The maximum Gasteiger partial charge on any atom is 0.135 e. The molecule has 1 aromatic heterocycles. The fraction of sp³-hybridized carbons (Fsp3) is 0.154. The Morgan fingerprint density at radius 2 is 1.67 bits per heavy atom. The van der Waals surface area contributed by atoms with Crippen molar-refractivity contribution in [3.63, 3.8) is 0 Å². The van der Waals surface area contributed by atoms with Gasteiger partial charge in [0.15, 0.2) is 0 Å². The van der Waals surface area contributed by atoms with E-state index in [1.807, 2.05) is 12.1 Å². The molecule has 1 nitrogen and oxygen atoms in total. The van der Waals surface area contributed by atoms with Gasteiger partial charge in [-0.3, -0.25) is 0 Å². The third-order valence-corrected chi connectivity index (χ3v) is 5.83. The first-order valence-electron chi connectivity index (χ1n) is 9.25.